The maximum atomic E-state index is 14.4. The number of piperidine rings is 3. The molecule has 1 aromatic heterocycles. The molecule has 3 aliphatic rings. The Morgan fingerprint density at radius 3 is 2.14 bits per heavy atom. The fourth-order valence-corrected chi connectivity index (χ4v) is 5.92. The normalized spacial score (nSPS) is 23.3. The Morgan fingerprint density at radius 1 is 0.892 bits per heavy atom. The van der Waals surface area contributed by atoms with Gasteiger partial charge in [0.1, 0.15) is 18.5 Å². The van der Waals surface area contributed by atoms with Crippen LogP contribution in [0.4, 0.5) is 4.39 Å². The van der Waals surface area contributed by atoms with Gasteiger partial charge in [-0.05, 0) is 28.8 Å². The van der Waals surface area contributed by atoms with Crippen molar-refractivity contribution in [3.05, 3.63) is 119 Å². The molecule has 2 bridgehead atoms. The number of benzene rings is 3. The van der Waals surface area contributed by atoms with E-state index in [1.807, 2.05) is 60.7 Å². The Balaban J connectivity index is 1.21. The molecule has 4 aromatic rings. The molecule has 0 aliphatic carbocycles. The first-order valence-corrected chi connectivity index (χ1v) is 12.9. The monoisotopic (exact) mass is 499 g/mol. The molecule has 6 nitrogen and oxygen atoms in total. The molecular weight excluding hydrogens is 469 g/mol. The molecular formula is C30H30FN3O3. The molecule has 3 fully saturated rings. The van der Waals surface area contributed by atoms with E-state index < -0.39 is 5.60 Å². The number of ether oxygens (including phenoxy) is 1. The van der Waals surface area contributed by atoms with Crippen molar-refractivity contribution in [3.8, 4) is 0 Å². The number of aromatic nitrogens is 2. The third-order valence-corrected chi connectivity index (χ3v) is 8.02. The first-order chi connectivity index (χ1) is 18.0. The van der Waals surface area contributed by atoms with E-state index in [9.17, 15) is 9.50 Å². The molecule has 0 saturated carbocycles. The Bertz CT molecular complexity index is 1280. The molecule has 1 atom stereocenters. The van der Waals surface area contributed by atoms with Crippen LogP contribution < -0.4 is 5.11 Å². The van der Waals surface area contributed by atoms with E-state index >= 15 is 0 Å². The number of rotatable bonds is 8. The maximum Gasteiger partial charge on any atom is 0.271 e. The molecule has 37 heavy (non-hydrogen) atoms. The Morgan fingerprint density at radius 2 is 1.51 bits per heavy atom. The minimum absolute atomic E-state index is 0.0640. The van der Waals surface area contributed by atoms with E-state index in [4.69, 9.17) is 9.15 Å². The summed E-state index contributed by atoms with van der Waals surface area (Å²) in [6.45, 7) is 3.97. The Kier molecular flexibility index (Phi) is 6.36. The fourth-order valence-electron chi connectivity index (χ4n) is 5.92. The minimum Gasteiger partial charge on any atom is -0.835 e. The number of quaternary nitrogens is 1. The molecule has 0 unspecified atom stereocenters. The quantitative estimate of drug-likeness (QED) is 0.340. The zero-order chi connectivity index (χ0) is 25.3. The highest BCUT2D eigenvalue weighted by atomic mass is 19.1. The molecule has 4 heterocycles. The molecule has 0 N–H and O–H groups in total. The molecule has 3 aliphatic heterocycles. The van der Waals surface area contributed by atoms with Gasteiger partial charge in [-0.2, -0.15) is 0 Å². The number of hydrogen-bond acceptors (Lipinski definition) is 5. The van der Waals surface area contributed by atoms with Crippen molar-refractivity contribution in [3.63, 3.8) is 0 Å². The van der Waals surface area contributed by atoms with Gasteiger partial charge in [-0.1, -0.05) is 72.8 Å². The van der Waals surface area contributed by atoms with Crippen LogP contribution in [0.5, 0.6) is 0 Å². The summed E-state index contributed by atoms with van der Waals surface area (Å²) in [5.41, 5.74) is 0.316. The molecule has 7 heteroatoms. The summed E-state index contributed by atoms with van der Waals surface area (Å²) in [4.78, 5) is 0. The smallest absolute Gasteiger partial charge is 0.271 e. The highest BCUT2D eigenvalue weighted by molar-refractivity contribution is 5.40. The van der Waals surface area contributed by atoms with Crippen LogP contribution in [-0.4, -0.2) is 40.4 Å². The summed E-state index contributed by atoms with van der Waals surface area (Å²) in [5.74, 6) is 0.842. The van der Waals surface area contributed by atoms with Gasteiger partial charge in [0.15, 0.2) is 6.54 Å². The first-order valence-electron chi connectivity index (χ1n) is 12.9. The maximum absolute atomic E-state index is 14.4. The van der Waals surface area contributed by atoms with Crippen LogP contribution in [0.2, 0.25) is 0 Å². The molecule has 0 radical (unpaired) electrons. The van der Waals surface area contributed by atoms with Crippen LogP contribution in [0, 0.1) is 11.7 Å². The van der Waals surface area contributed by atoms with Crippen molar-refractivity contribution in [2.24, 2.45) is 5.92 Å². The van der Waals surface area contributed by atoms with Crippen LogP contribution in [0.25, 0.3) is 0 Å². The molecule has 3 saturated heterocycles. The topological polar surface area (TPSA) is 71.2 Å². The number of nitrogens with zero attached hydrogens (tertiary/aromatic N) is 3. The van der Waals surface area contributed by atoms with Gasteiger partial charge in [-0.25, -0.2) is 4.39 Å². The van der Waals surface area contributed by atoms with Crippen molar-refractivity contribution in [2.75, 3.05) is 19.6 Å². The summed E-state index contributed by atoms with van der Waals surface area (Å²) in [5, 5.41) is 23.1. The van der Waals surface area contributed by atoms with Gasteiger partial charge < -0.3 is 18.7 Å². The summed E-state index contributed by atoms with van der Waals surface area (Å²) in [6, 6.07) is 24.9. The van der Waals surface area contributed by atoms with Crippen molar-refractivity contribution in [2.45, 2.75) is 37.7 Å². The van der Waals surface area contributed by atoms with Crippen LogP contribution in [0.3, 0.4) is 0 Å². The highest BCUT2D eigenvalue weighted by Gasteiger charge is 2.47. The van der Waals surface area contributed by atoms with E-state index in [0.717, 1.165) is 42.5 Å². The third kappa shape index (κ3) is 4.70. The van der Waals surface area contributed by atoms with Gasteiger partial charge >= 0.3 is 0 Å². The molecule has 3 aromatic carbocycles. The number of hydrogen-bond donors (Lipinski definition) is 0. The van der Waals surface area contributed by atoms with Crippen molar-refractivity contribution in [1.82, 2.24) is 10.2 Å². The van der Waals surface area contributed by atoms with Crippen LogP contribution in [0.1, 0.15) is 41.3 Å². The second kappa shape index (κ2) is 9.82. The number of halogens is 1. The summed E-state index contributed by atoms with van der Waals surface area (Å²) in [6.07, 6.45) is 2.28. The van der Waals surface area contributed by atoms with Crippen LogP contribution in [-0.2, 0) is 23.5 Å². The second-order valence-electron chi connectivity index (χ2n) is 10.4. The lowest BCUT2D eigenvalue weighted by atomic mass is 9.83. The Hall–Kier alpha value is -3.39. The van der Waals surface area contributed by atoms with Crippen LogP contribution in [0.15, 0.2) is 89.3 Å². The average molecular weight is 500 g/mol. The molecule has 7 rings (SSSR count). The van der Waals surface area contributed by atoms with Crippen molar-refractivity contribution in [1.29, 1.82) is 0 Å². The first kappa shape index (κ1) is 24.0. The van der Waals surface area contributed by atoms with Gasteiger partial charge in [0.2, 0.25) is 5.89 Å². The summed E-state index contributed by atoms with van der Waals surface area (Å²) >= 11 is 0. The van der Waals surface area contributed by atoms with Crippen molar-refractivity contribution >= 4 is 0 Å². The summed E-state index contributed by atoms with van der Waals surface area (Å²) < 4.78 is 26.5. The van der Waals surface area contributed by atoms with Crippen molar-refractivity contribution < 1.29 is 23.1 Å². The lowest BCUT2D eigenvalue weighted by molar-refractivity contribution is -0.959. The summed E-state index contributed by atoms with van der Waals surface area (Å²) in [7, 11) is 0. The van der Waals surface area contributed by atoms with Gasteiger partial charge in [-0.15, -0.1) is 10.2 Å². The molecule has 0 spiro atoms. The fraction of sp³-hybridized carbons (Fsp3) is 0.333. The zero-order valence-electron chi connectivity index (χ0n) is 20.6. The second-order valence-corrected chi connectivity index (χ2v) is 10.4. The van der Waals surface area contributed by atoms with E-state index in [0.29, 0.717) is 36.1 Å². The standard InChI is InChI=1S/C30H30FN3O3/c31-26-13-11-22(12-14-26)21-36-27-19-34(17-15-23(27)16-18-34)20-28-32-33-29(37-28)30(35,24-7-3-1-4-8-24)25-9-5-2-6-10-25/h1-14,23,27H,15-21H2/t23?,27-,34?/m0/s1. The largest absolute Gasteiger partial charge is 0.835 e. The van der Waals surface area contributed by atoms with E-state index in [-0.39, 0.29) is 17.8 Å². The van der Waals surface area contributed by atoms with E-state index in [1.165, 1.54) is 12.1 Å². The zero-order valence-corrected chi connectivity index (χ0v) is 20.6. The lowest BCUT2D eigenvalue weighted by Crippen LogP contribution is -2.63. The van der Waals surface area contributed by atoms with Gasteiger partial charge in [0, 0.05) is 24.4 Å². The number of fused-ring (bicyclic) bond motifs is 3. The average Bonchev–Trinajstić information content (AvgIpc) is 3.42. The third-order valence-electron chi connectivity index (χ3n) is 8.02. The van der Waals surface area contributed by atoms with E-state index in [2.05, 4.69) is 10.2 Å². The predicted molar refractivity (Wildman–Crippen MR) is 133 cm³/mol. The molecule has 0 amide bonds. The van der Waals surface area contributed by atoms with Gasteiger partial charge in [0.25, 0.3) is 5.89 Å². The predicted octanol–water partition coefficient (Wildman–Crippen LogP) is 4.19. The molecule has 190 valence electrons. The minimum atomic E-state index is -1.79. The van der Waals surface area contributed by atoms with Gasteiger partial charge in [-0.3, -0.25) is 0 Å². The van der Waals surface area contributed by atoms with Gasteiger partial charge in [0.05, 0.1) is 19.7 Å². The van der Waals surface area contributed by atoms with Crippen LogP contribution >= 0.6 is 0 Å². The lowest BCUT2D eigenvalue weighted by Gasteiger charge is -2.51. The SMILES string of the molecule is [O-]C(c1ccccc1)(c1ccccc1)c1nnc(C[N+]23CCC(CC2)[C@@H](OCc2ccc(F)cc2)C3)o1. The Labute approximate surface area is 215 Å². The van der Waals surface area contributed by atoms with E-state index in [1.54, 1.807) is 12.1 Å². The highest BCUT2D eigenvalue weighted by Crippen LogP contribution is 2.38.